The van der Waals surface area contributed by atoms with E-state index in [2.05, 4.69) is 5.32 Å². The van der Waals surface area contributed by atoms with Crippen LogP contribution in [-0.4, -0.2) is 55.0 Å². The van der Waals surface area contributed by atoms with Gasteiger partial charge in [-0.3, -0.25) is 19.3 Å². The van der Waals surface area contributed by atoms with Gasteiger partial charge < -0.3 is 5.32 Å². The molecule has 1 aliphatic heterocycles. The number of allylic oxidation sites excluding steroid dienone is 2. The van der Waals surface area contributed by atoms with E-state index in [9.17, 15) is 22.8 Å². The summed E-state index contributed by atoms with van der Waals surface area (Å²) in [4.78, 5) is 38.5. The second-order valence-electron chi connectivity index (χ2n) is 7.92. The third-order valence-corrected chi connectivity index (χ3v) is 7.75. The first-order valence-electron chi connectivity index (χ1n) is 10.0. The molecule has 0 unspecified atom stereocenters. The summed E-state index contributed by atoms with van der Waals surface area (Å²) in [6, 6.07) is 5.74. The number of carbonyl (C=O) groups is 3. The van der Waals surface area contributed by atoms with Crippen LogP contribution in [0.2, 0.25) is 0 Å². The molecule has 8 nitrogen and oxygen atoms in total. The zero-order chi connectivity index (χ0) is 22.1. The van der Waals surface area contributed by atoms with Gasteiger partial charge in [-0.05, 0) is 51.0 Å². The fourth-order valence-electron chi connectivity index (χ4n) is 3.68. The summed E-state index contributed by atoms with van der Waals surface area (Å²) in [6.45, 7) is 3.61. The summed E-state index contributed by atoms with van der Waals surface area (Å²) in [5, 5.41) is 2.68. The molecule has 3 amide bonds. The average molecular weight is 434 g/mol. The maximum atomic E-state index is 12.5. The first-order chi connectivity index (χ1) is 14.1. The Morgan fingerprint density at radius 3 is 2.13 bits per heavy atom. The van der Waals surface area contributed by atoms with E-state index in [1.807, 2.05) is 12.2 Å². The normalized spacial score (nSPS) is 21.4. The zero-order valence-electron chi connectivity index (χ0n) is 17.4. The van der Waals surface area contributed by atoms with Crippen LogP contribution in [0.4, 0.5) is 5.69 Å². The molecule has 162 valence electrons. The van der Waals surface area contributed by atoms with Gasteiger partial charge in [0.05, 0.1) is 16.7 Å². The number of nitrogens with zero attached hydrogens (tertiary/aromatic N) is 2. The van der Waals surface area contributed by atoms with Gasteiger partial charge in [0, 0.05) is 31.7 Å². The smallest absolute Gasteiger partial charge is 0.243 e. The molecule has 30 heavy (non-hydrogen) atoms. The molecule has 0 aromatic heterocycles. The Balaban J connectivity index is 1.57. The minimum absolute atomic E-state index is 0.0134. The number of fused-ring (bicyclic) bond motifs is 1. The van der Waals surface area contributed by atoms with Crippen molar-refractivity contribution in [1.29, 1.82) is 0 Å². The highest BCUT2D eigenvalue weighted by Gasteiger charge is 2.46. The van der Waals surface area contributed by atoms with Crippen LogP contribution in [0.1, 0.15) is 33.1 Å². The molecule has 0 saturated carbocycles. The van der Waals surface area contributed by atoms with Crippen molar-refractivity contribution in [3.63, 3.8) is 0 Å². The molecule has 2 aliphatic rings. The second kappa shape index (κ2) is 8.69. The lowest BCUT2D eigenvalue weighted by Gasteiger charge is -2.21. The predicted molar refractivity (Wildman–Crippen MR) is 112 cm³/mol. The molecule has 1 fully saturated rings. The highest BCUT2D eigenvalue weighted by molar-refractivity contribution is 7.89. The van der Waals surface area contributed by atoms with Crippen LogP contribution in [0.5, 0.6) is 0 Å². The third kappa shape index (κ3) is 4.32. The van der Waals surface area contributed by atoms with Crippen molar-refractivity contribution in [2.45, 2.75) is 44.0 Å². The number of hydrogen-bond acceptors (Lipinski definition) is 5. The Kier molecular flexibility index (Phi) is 6.42. The number of rotatable bonds is 7. The van der Waals surface area contributed by atoms with E-state index in [-0.39, 0.29) is 53.5 Å². The van der Waals surface area contributed by atoms with Crippen LogP contribution in [-0.2, 0) is 24.4 Å². The molecule has 1 aromatic carbocycles. The maximum absolute atomic E-state index is 12.5. The molecule has 9 heteroatoms. The van der Waals surface area contributed by atoms with Crippen molar-refractivity contribution < 1.29 is 22.8 Å². The van der Waals surface area contributed by atoms with Gasteiger partial charge in [-0.1, -0.05) is 12.2 Å². The summed E-state index contributed by atoms with van der Waals surface area (Å²) < 4.78 is 26.3. The number of nitrogens with one attached hydrogen (secondary N) is 1. The molecule has 0 bridgehead atoms. The zero-order valence-corrected chi connectivity index (χ0v) is 18.2. The summed E-state index contributed by atoms with van der Waals surface area (Å²) in [5.41, 5.74) is 0.447. The van der Waals surface area contributed by atoms with E-state index in [1.165, 1.54) is 40.5 Å². The lowest BCUT2D eigenvalue weighted by Crippen LogP contribution is -2.34. The van der Waals surface area contributed by atoms with Gasteiger partial charge in [-0.15, -0.1) is 0 Å². The van der Waals surface area contributed by atoms with E-state index in [0.717, 1.165) is 0 Å². The minimum atomic E-state index is -3.59. The van der Waals surface area contributed by atoms with Crippen LogP contribution >= 0.6 is 0 Å². The first kappa shape index (κ1) is 22.2. The standard InChI is InChI=1S/C21H27N3O5S/c1-14(2)23(3)30(28,29)16-10-8-15(9-11-16)22-19(25)12-13-24-20(26)17-6-4-5-7-18(17)21(24)27/h4-5,8-11,14,17-18H,6-7,12-13H2,1-3H3,(H,22,25)/t17-,18-/m0/s1. The third-order valence-electron chi connectivity index (χ3n) is 5.70. The molecule has 0 radical (unpaired) electrons. The number of likely N-dealkylation sites (tertiary alicyclic amines) is 1. The van der Waals surface area contributed by atoms with Gasteiger partial charge in [0.15, 0.2) is 0 Å². The van der Waals surface area contributed by atoms with Gasteiger partial charge >= 0.3 is 0 Å². The Hall–Kier alpha value is -2.52. The van der Waals surface area contributed by atoms with Crippen LogP contribution in [0.3, 0.4) is 0 Å². The fourth-order valence-corrected chi connectivity index (χ4v) is 5.05. The maximum Gasteiger partial charge on any atom is 0.243 e. The molecule has 1 N–H and O–H groups in total. The molecule has 3 rings (SSSR count). The predicted octanol–water partition coefficient (Wildman–Crippen LogP) is 2.00. The summed E-state index contributed by atoms with van der Waals surface area (Å²) in [7, 11) is -2.08. The van der Waals surface area contributed by atoms with Gasteiger partial charge in [-0.2, -0.15) is 4.31 Å². The number of sulfonamides is 1. The van der Waals surface area contributed by atoms with E-state index >= 15 is 0 Å². The first-order valence-corrected chi connectivity index (χ1v) is 11.4. The number of carbonyl (C=O) groups excluding carboxylic acids is 3. The topological polar surface area (TPSA) is 104 Å². The number of benzene rings is 1. The van der Waals surface area contributed by atoms with Crippen LogP contribution < -0.4 is 5.32 Å². The molecule has 2 atom stereocenters. The molecule has 1 aromatic rings. The summed E-state index contributed by atoms with van der Waals surface area (Å²) in [6.07, 6.45) is 4.97. The van der Waals surface area contributed by atoms with E-state index < -0.39 is 10.0 Å². The number of amides is 3. The fraction of sp³-hybridized carbons (Fsp3) is 0.476. The van der Waals surface area contributed by atoms with Crippen molar-refractivity contribution in [3.05, 3.63) is 36.4 Å². The van der Waals surface area contributed by atoms with E-state index in [4.69, 9.17) is 0 Å². The number of hydrogen-bond donors (Lipinski definition) is 1. The quantitative estimate of drug-likeness (QED) is 0.523. The van der Waals surface area contributed by atoms with Crippen molar-refractivity contribution in [2.75, 3.05) is 18.9 Å². The van der Waals surface area contributed by atoms with E-state index in [1.54, 1.807) is 13.8 Å². The highest BCUT2D eigenvalue weighted by atomic mass is 32.2. The molecular weight excluding hydrogens is 406 g/mol. The Bertz CT molecular complexity index is 943. The largest absolute Gasteiger partial charge is 0.326 e. The lowest BCUT2D eigenvalue weighted by atomic mass is 9.85. The Morgan fingerprint density at radius 2 is 1.63 bits per heavy atom. The van der Waals surface area contributed by atoms with Crippen LogP contribution in [0, 0.1) is 11.8 Å². The van der Waals surface area contributed by atoms with Crippen molar-refractivity contribution in [2.24, 2.45) is 11.8 Å². The molecular formula is C21H27N3O5S. The van der Waals surface area contributed by atoms with Crippen LogP contribution in [0.25, 0.3) is 0 Å². The molecule has 1 heterocycles. The van der Waals surface area contributed by atoms with E-state index in [0.29, 0.717) is 18.5 Å². The lowest BCUT2D eigenvalue weighted by molar-refractivity contribution is -0.140. The van der Waals surface area contributed by atoms with Crippen molar-refractivity contribution >= 4 is 33.4 Å². The van der Waals surface area contributed by atoms with Crippen LogP contribution in [0.15, 0.2) is 41.3 Å². The average Bonchev–Trinajstić information content (AvgIpc) is 2.96. The van der Waals surface area contributed by atoms with Crippen molar-refractivity contribution in [3.8, 4) is 0 Å². The van der Waals surface area contributed by atoms with Gasteiger partial charge in [-0.25, -0.2) is 8.42 Å². The van der Waals surface area contributed by atoms with Gasteiger partial charge in [0.2, 0.25) is 27.7 Å². The molecule has 0 spiro atoms. The highest BCUT2D eigenvalue weighted by Crippen LogP contribution is 2.35. The van der Waals surface area contributed by atoms with Crippen molar-refractivity contribution in [1.82, 2.24) is 9.21 Å². The SMILES string of the molecule is CC(C)N(C)S(=O)(=O)c1ccc(NC(=O)CCN2C(=O)[C@H]3CC=CC[C@@H]3C2=O)cc1. The minimum Gasteiger partial charge on any atom is -0.326 e. The molecule has 1 aliphatic carbocycles. The Morgan fingerprint density at radius 1 is 1.10 bits per heavy atom. The van der Waals surface area contributed by atoms with Gasteiger partial charge in [0.1, 0.15) is 0 Å². The summed E-state index contributed by atoms with van der Waals surface area (Å²) >= 11 is 0. The monoisotopic (exact) mass is 433 g/mol. The molecule has 1 saturated heterocycles. The second-order valence-corrected chi connectivity index (χ2v) is 9.92. The number of imide groups is 1. The Labute approximate surface area is 177 Å². The summed E-state index contributed by atoms with van der Waals surface area (Å²) in [5.74, 6) is -1.36. The van der Waals surface area contributed by atoms with Gasteiger partial charge in [0.25, 0.3) is 0 Å². The number of anilines is 1.